The van der Waals surface area contributed by atoms with Gasteiger partial charge >= 0.3 is 0 Å². The van der Waals surface area contributed by atoms with Gasteiger partial charge in [-0.25, -0.2) is 9.97 Å². The van der Waals surface area contributed by atoms with Crippen LogP contribution in [-0.2, 0) is 25.9 Å². The monoisotopic (exact) mass is 526 g/mol. The number of imidazole rings is 2. The Morgan fingerprint density at radius 3 is 2.05 bits per heavy atom. The van der Waals surface area contributed by atoms with Crippen molar-refractivity contribution in [1.29, 1.82) is 0 Å². The van der Waals surface area contributed by atoms with Crippen LogP contribution in [0, 0.1) is 27.7 Å². The minimum Gasteiger partial charge on any atom is -0.348 e. The summed E-state index contributed by atoms with van der Waals surface area (Å²) in [5.41, 5.74) is 17.8. The van der Waals surface area contributed by atoms with Gasteiger partial charge in [0.1, 0.15) is 0 Å². The SMILES string of the molecule is Cc1[nH]cnc1C=Cc1cc[n+]2c(c1)-c1c(c(C)c(C)c3c1-c1cccc(C=Cc4nc[nH]c4C)[n+]1CC3)CC2. The predicted molar refractivity (Wildman–Crippen MR) is 159 cm³/mol. The van der Waals surface area contributed by atoms with E-state index in [9.17, 15) is 0 Å². The summed E-state index contributed by atoms with van der Waals surface area (Å²) in [7, 11) is 0. The average molecular weight is 527 g/mol. The van der Waals surface area contributed by atoms with E-state index in [4.69, 9.17) is 0 Å². The van der Waals surface area contributed by atoms with E-state index in [1.807, 2.05) is 0 Å². The first-order chi connectivity index (χ1) is 19.5. The van der Waals surface area contributed by atoms with Crippen molar-refractivity contribution >= 4 is 24.3 Å². The number of rotatable bonds is 4. The number of fused-ring (bicyclic) bond motifs is 7. The maximum Gasteiger partial charge on any atom is 0.214 e. The summed E-state index contributed by atoms with van der Waals surface area (Å²) in [4.78, 5) is 15.2. The van der Waals surface area contributed by atoms with Gasteiger partial charge in [-0.2, -0.15) is 9.13 Å². The van der Waals surface area contributed by atoms with E-state index in [2.05, 4.69) is 118 Å². The van der Waals surface area contributed by atoms with Crippen molar-refractivity contribution in [2.45, 2.75) is 53.6 Å². The highest BCUT2D eigenvalue weighted by Crippen LogP contribution is 2.43. The minimum atomic E-state index is 0.966. The first kappa shape index (κ1) is 24.5. The van der Waals surface area contributed by atoms with Crippen molar-refractivity contribution < 1.29 is 9.13 Å². The van der Waals surface area contributed by atoms with Crippen LogP contribution in [0.1, 0.15) is 56.3 Å². The van der Waals surface area contributed by atoms with Crippen LogP contribution in [0.3, 0.4) is 0 Å². The Kier molecular flexibility index (Phi) is 5.84. The molecular formula is C34H34N6+2. The molecule has 0 radical (unpaired) electrons. The molecule has 198 valence electrons. The van der Waals surface area contributed by atoms with Gasteiger partial charge in [0.25, 0.3) is 0 Å². The van der Waals surface area contributed by atoms with Gasteiger partial charge in [-0.15, -0.1) is 0 Å². The average Bonchev–Trinajstić information content (AvgIpc) is 3.59. The number of hydrogen-bond acceptors (Lipinski definition) is 2. The van der Waals surface area contributed by atoms with Gasteiger partial charge in [0, 0.05) is 54.6 Å². The fraction of sp³-hybridized carbons (Fsp3) is 0.235. The van der Waals surface area contributed by atoms with Gasteiger partial charge in [-0.3, -0.25) is 0 Å². The summed E-state index contributed by atoms with van der Waals surface area (Å²) in [6, 6.07) is 11.3. The lowest BCUT2D eigenvalue weighted by Gasteiger charge is -2.27. The third-order valence-corrected chi connectivity index (χ3v) is 8.79. The highest BCUT2D eigenvalue weighted by Gasteiger charge is 2.36. The number of pyridine rings is 2. The highest BCUT2D eigenvalue weighted by atomic mass is 15.0. The molecule has 6 heteroatoms. The molecule has 1 aromatic carbocycles. The van der Waals surface area contributed by atoms with Gasteiger partial charge in [-0.05, 0) is 73.7 Å². The zero-order valence-electron chi connectivity index (χ0n) is 23.5. The summed E-state index contributed by atoms with van der Waals surface area (Å²) >= 11 is 0. The Bertz CT molecular complexity index is 1820. The summed E-state index contributed by atoms with van der Waals surface area (Å²) in [6.07, 6.45) is 16.4. The van der Waals surface area contributed by atoms with Gasteiger partial charge < -0.3 is 9.97 Å². The quantitative estimate of drug-likeness (QED) is 0.294. The number of benzene rings is 1. The minimum absolute atomic E-state index is 0.966. The molecule has 0 unspecified atom stereocenters. The van der Waals surface area contributed by atoms with Crippen LogP contribution in [0.4, 0.5) is 0 Å². The Labute approximate surface area is 234 Å². The molecule has 0 amide bonds. The van der Waals surface area contributed by atoms with Gasteiger partial charge in [-0.1, -0.05) is 6.08 Å². The van der Waals surface area contributed by atoms with Crippen molar-refractivity contribution in [2.24, 2.45) is 0 Å². The lowest BCUT2D eigenvalue weighted by molar-refractivity contribution is -0.690. The first-order valence-corrected chi connectivity index (χ1v) is 14.1. The van der Waals surface area contributed by atoms with E-state index in [1.54, 1.807) is 12.7 Å². The molecule has 2 aliphatic heterocycles. The van der Waals surface area contributed by atoms with Gasteiger partial charge in [0.2, 0.25) is 17.1 Å². The third kappa shape index (κ3) is 3.94. The summed E-state index contributed by atoms with van der Waals surface area (Å²) in [5.74, 6) is 0. The summed E-state index contributed by atoms with van der Waals surface area (Å²) < 4.78 is 4.91. The number of aromatic amines is 2. The van der Waals surface area contributed by atoms with Crippen LogP contribution >= 0.6 is 0 Å². The lowest BCUT2D eigenvalue weighted by atomic mass is 9.79. The van der Waals surface area contributed by atoms with Crippen molar-refractivity contribution in [3.05, 3.63) is 105 Å². The number of H-pyrrole nitrogens is 2. The molecule has 0 saturated heterocycles. The van der Waals surface area contributed by atoms with Crippen molar-refractivity contribution in [1.82, 2.24) is 19.9 Å². The molecule has 40 heavy (non-hydrogen) atoms. The van der Waals surface area contributed by atoms with E-state index in [0.717, 1.165) is 48.7 Å². The zero-order valence-corrected chi connectivity index (χ0v) is 23.5. The molecule has 0 bridgehead atoms. The van der Waals surface area contributed by atoms with Crippen molar-refractivity contribution in [2.75, 3.05) is 0 Å². The normalized spacial score (nSPS) is 13.9. The van der Waals surface area contributed by atoms with Crippen LogP contribution in [0.2, 0.25) is 0 Å². The van der Waals surface area contributed by atoms with E-state index in [0.29, 0.717) is 0 Å². The molecule has 6 heterocycles. The van der Waals surface area contributed by atoms with Crippen LogP contribution < -0.4 is 9.13 Å². The van der Waals surface area contributed by atoms with E-state index < -0.39 is 0 Å². The molecular weight excluding hydrogens is 492 g/mol. The maximum atomic E-state index is 4.46. The molecule has 5 aromatic rings. The first-order valence-electron chi connectivity index (χ1n) is 14.1. The number of nitrogens with one attached hydrogen (secondary N) is 2. The molecule has 0 fully saturated rings. The molecule has 0 aliphatic carbocycles. The van der Waals surface area contributed by atoms with Crippen molar-refractivity contribution in [3.63, 3.8) is 0 Å². The third-order valence-electron chi connectivity index (χ3n) is 8.79. The predicted octanol–water partition coefficient (Wildman–Crippen LogP) is 5.73. The van der Waals surface area contributed by atoms with Crippen LogP contribution in [0.15, 0.2) is 49.2 Å². The maximum absolute atomic E-state index is 4.46. The molecule has 6 nitrogen and oxygen atoms in total. The second-order valence-electron chi connectivity index (χ2n) is 11.0. The molecule has 0 saturated carbocycles. The zero-order chi connectivity index (χ0) is 27.4. The topological polar surface area (TPSA) is 65.1 Å². The standard InChI is InChI=1S/C34H32N6/c1-21-22(2)28-14-17-40-26(9-11-30-24(4)36-20-38-30)6-5-7-31(40)33(28)34-27(21)13-16-39-15-12-25(18-32(34)39)8-10-29-23(3)35-19-37-29/h5-12,15,18-20H,13-14,16-17H2,1-4H3/p+2. The number of hydrogen-bond donors (Lipinski definition) is 2. The lowest BCUT2D eigenvalue weighted by Crippen LogP contribution is -2.45. The Morgan fingerprint density at radius 2 is 1.38 bits per heavy atom. The summed E-state index contributed by atoms with van der Waals surface area (Å²) in [6.45, 7) is 10.7. The highest BCUT2D eigenvalue weighted by molar-refractivity contribution is 5.87. The molecule has 2 N–H and O–H groups in total. The van der Waals surface area contributed by atoms with E-state index >= 15 is 0 Å². The summed E-state index contributed by atoms with van der Waals surface area (Å²) in [5, 5.41) is 0. The number of nitrogens with zero attached hydrogens (tertiary/aromatic N) is 4. The van der Waals surface area contributed by atoms with Crippen LogP contribution in [0.5, 0.6) is 0 Å². The molecule has 2 aliphatic rings. The van der Waals surface area contributed by atoms with E-state index in [1.165, 1.54) is 56.0 Å². The van der Waals surface area contributed by atoms with E-state index in [-0.39, 0.29) is 0 Å². The van der Waals surface area contributed by atoms with Gasteiger partial charge in [0.15, 0.2) is 19.3 Å². The molecule has 0 atom stereocenters. The van der Waals surface area contributed by atoms with Crippen LogP contribution in [-0.4, -0.2) is 19.9 Å². The van der Waals surface area contributed by atoms with Gasteiger partial charge in [0.05, 0.1) is 35.2 Å². The Balaban J connectivity index is 1.40. The molecule has 4 aromatic heterocycles. The second-order valence-corrected chi connectivity index (χ2v) is 11.0. The van der Waals surface area contributed by atoms with Crippen molar-refractivity contribution in [3.8, 4) is 22.5 Å². The smallest absolute Gasteiger partial charge is 0.214 e. The number of aryl methyl sites for hydroxylation is 3. The second kappa shape index (κ2) is 9.56. The van der Waals surface area contributed by atoms with Crippen LogP contribution in [0.25, 0.3) is 46.8 Å². The molecule has 7 rings (SSSR count). The fourth-order valence-electron chi connectivity index (χ4n) is 6.42. The fourth-order valence-corrected chi connectivity index (χ4v) is 6.42. The largest absolute Gasteiger partial charge is 0.348 e. The Morgan fingerprint density at radius 1 is 0.725 bits per heavy atom. The molecule has 0 spiro atoms. The number of aromatic nitrogens is 6. The Hall–Kier alpha value is -4.58.